The summed E-state index contributed by atoms with van der Waals surface area (Å²) in [7, 11) is 1.31. The van der Waals surface area contributed by atoms with Crippen LogP contribution < -0.4 is 10.6 Å². The summed E-state index contributed by atoms with van der Waals surface area (Å²) in [5, 5.41) is 14.0. The molecule has 0 bridgehead atoms. The summed E-state index contributed by atoms with van der Waals surface area (Å²) in [5.41, 5.74) is 2.34. The number of carbonyl (C=O) groups is 2. The summed E-state index contributed by atoms with van der Waals surface area (Å²) in [4.78, 5) is 32.8. The minimum absolute atomic E-state index is 0.0430. The molecule has 0 saturated heterocycles. The second-order valence-electron chi connectivity index (χ2n) is 6.78. The molecule has 1 unspecified atom stereocenters. The lowest BCUT2D eigenvalue weighted by molar-refractivity contribution is -0.144. The summed E-state index contributed by atoms with van der Waals surface area (Å²) < 4.78 is 4.80. The van der Waals surface area contributed by atoms with Crippen molar-refractivity contribution in [1.29, 1.82) is 0 Å². The predicted molar refractivity (Wildman–Crippen MR) is 115 cm³/mol. The number of H-pyrrole nitrogens is 1. The van der Waals surface area contributed by atoms with Crippen LogP contribution in [0.5, 0.6) is 0 Å². The van der Waals surface area contributed by atoms with E-state index in [0.717, 1.165) is 22.4 Å². The van der Waals surface area contributed by atoms with E-state index in [-0.39, 0.29) is 5.92 Å². The van der Waals surface area contributed by atoms with Crippen LogP contribution in [0.25, 0.3) is 11.0 Å². The Hall–Kier alpha value is -3.14. The van der Waals surface area contributed by atoms with Crippen LogP contribution in [-0.2, 0) is 15.3 Å². The van der Waals surface area contributed by atoms with Crippen molar-refractivity contribution >= 4 is 40.5 Å². The molecule has 9 nitrogen and oxygen atoms in total. The quantitative estimate of drug-likeness (QED) is 0.286. The number of fused-ring (bicyclic) bond motifs is 1. The third-order valence-corrected chi connectivity index (χ3v) is 5.80. The molecule has 0 saturated carbocycles. The highest BCUT2D eigenvalue weighted by molar-refractivity contribution is 7.98. The fourth-order valence-corrected chi connectivity index (χ4v) is 3.76. The number of benzene rings is 1. The Morgan fingerprint density at radius 3 is 2.90 bits per heavy atom. The Morgan fingerprint density at radius 2 is 2.13 bits per heavy atom. The molecule has 0 aliphatic carbocycles. The number of anilines is 1. The molecule has 10 heteroatoms. The van der Waals surface area contributed by atoms with Crippen LogP contribution in [0.4, 0.5) is 10.5 Å². The number of esters is 1. The number of thioether (sulfide) groups is 1. The van der Waals surface area contributed by atoms with Gasteiger partial charge in [0, 0.05) is 11.4 Å². The van der Waals surface area contributed by atoms with Gasteiger partial charge in [0.05, 0.1) is 18.7 Å². The maximum Gasteiger partial charge on any atom is 0.328 e. The fraction of sp³-hybridized carbons (Fsp3) is 0.350. The summed E-state index contributed by atoms with van der Waals surface area (Å²) in [6, 6.07) is 6.37. The van der Waals surface area contributed by atoms with Gasteiger partial charge >= 0.3 is 12.0 Å². The predicted octanol–water partition coefficient (Wildman–Crippen LogP) is 3.35. The molecule has 2 aromatic heterocycles. The van der Waals surface area contributed by atoms with Crippen LogP contribution in [0.2, 0.25) is 0 Å². The molecule has 3 N–H and O–H groups in total. The number of hydrogen-bond donors (Lipinski definition) is 3. The van der Waals surface area contributed by atoms with Crippen molar-refractivity contribution in [2.24, 2.45) is 5.92 Å². The first-order valence-electron chi connectivity index (χ1n) is 9.53. The average molecular weight is 429 g/mol. The molecule has 0 aliphatic rings. The number of urea groups is 1. The molecule has 3 rings (SSSR count). The van der Waals surface area contributed by atoms with E-state index < -0.39 is 18.0 Å². The van der Waals surface area contributed by atoms with Crippen LogP contribution in [0.15, 0.2) is 41.8 Å². The first-order chi connectivity index (χ1) is 14.5. The number of ether oxygens (including phenoxy) is 1. The van der Waals surface area contributed by atoms with Gasteiger partial charge in [0.25, 0.3) is 0 Å². The minimum Gasteiger partial charge on any atom is -0.467 e. The number of carbonyl (C=O) groups excluding carboxylic acids is 2. The first-order valence-corrected chi connectivity index (χ1v) is 10.5. The molecule has 2 heterocycles. The second-order valence-corrected chi connectivity index (χ2v) is 7.75. The smallest absolute Gasteiger partial charge is 0.328 e. The molecule has 30 heavy (non-hydrogen) atoms. The highest BCUT2D eigenvalue weighted by atomic mass is 32.2. The number of nitrogens with one attached hydrogen (secondary N) is 3. The Bertz CT molecular complexity index is 1020. The lowest BCUT2D eigenvalue weighted by atomic mass is 9.99. The number of aromatic amines is 1. The summed E-state index contributed by atoms with van der Waals surface area (Å²) in [6.45, 7) is 3.85. The van der Waals surface area contributed by atoms with Crippen LogP contribution in [0.3, 0.4) is 0 Å². The molecule has 0 spiro atoms. The van der Waals surface area contributed by atoms with Gasteiger partial charge in [0.1, 0.15) is 17.4 Å². The Kier molecular flexibility index (Phi) is 7.23. The molecule has 3 aromatic rings. The van der Waals surface area contributed by atoms with E-state index >= 15 is 0 Å². The highest BCUT2D eigenvalue weighted by Crippen LogP contribution is 2.27. The maximum atomic E-state index is 12.4. The second kappa shape index (κ2) is 10.1. The van der Waals surface area contributed by atoms with Crippen molar-refractivity contribution < 1.29 is 14.3 Å². The Morgan fingerprint density at radius 1 is 1.30 bits per heavy atom. The standard InChI is InChI=1S/C20H24N6O3S/c1-4-12(2)16(19(27)29-3)25-20(28)24-14-7-5-6-13(8-14)10-30-18-15-9-23-26-17(15)21-11-22-18/h5-9,11-12,16H,4,10H2,1-3H3,(H2,24,25,28)(H,21,22,23,26)/t12-,16?/m0/s1. The van der Waals surface area contributed by atoms with Crippen molar-refractivity contribution in [2.75, 3.05) is 12.4 Å². The van der Waals surface area contributed by atoms with Crippen molar-refractivity contribution in [3.63, 3.8) is 0 Å². The average Bonchev–Trinajstić information content (AvgIpc) is 3.24. The molecule has 2 atom stereocenters. The lowest BCUT2D eigenvalue weighted by Crippen LogP contribution is -2.47. The van der Waals surface area contributed by atoms with Crippen molar-refractivity contribution in [3.05, 3.63) is 42.4 Å². The Labute approximate surface area is 178 Å². The molecule has 2 amide bonds. The maximum absolute atomic E-state index is 12.4. The van der Waals surface area contributed by atoms with Gasteiger partial charge in [-0.05, 0) is 23.6 Å². The number of nitrogens with zero attached hydrogens (tertiary/aromatic N) is 3. The molecule has 0 fully saturated rings. The van der Waals surface area contributed by atoms with Gasteiger partial charge in [-0.15, -0.1) is 11.8 Å². The zero-order chi connectivity index (χ0) is 21.5. The van der Waals surface area contributed by atoms with Crippen molar-refractivity contribution in [1.82, 2.24) is 25.5 Å². The lowest BCUT2D eigenvalue weighted by Gasteiger charge is -2.22. The summed E-state index contributed by atoms with van der Waals surface area (Å²) >= 11 is 1.56. The molecule has 158 valence electrons. The summed E-state index contributed by atoms with van der Waals surface area (Å²) in [6.07, 6.45) is 3.94. The van der Waals surface area contributed by atoms with E-state index in [9.17, 15) is 9.59 Å². The van der Waals surface area contributed by atoms with Crippen LogP contribution in [0.1, 0.15) is 25.8 Å². The third kappa shape index (κ3) is 5.26. The van der Waals surface area contributed by atoms with E-state index in [1.54, 1.807) is 24.0 Å². The van der Waals surface area contributed by atoms with Gasteiger partial charge in [-0.1, -0.05) is 32.4 Å². The molecule has 0 aliphatic heterocycles. The number of amides is 2. The van der Waals surface area contributed by atoms with Gasteiger partial charge in [-0.2, -0.15) is 5.10 Å². The van der Waals surface area contributed by atoms with Crippen molar-refractivity contribution in [3.8, 4) is 0 Å². The minimum atomic E-state index is -0.700. The van der Waals surface area contributed by atoms with Gasteiger partial charge in [0.2, 0.25) is 0 Å². The number of methoxy groups -OCH3 is 1. The monoisotopic (exact) mass is 428 g/mol. The van der Waals surface area contributed by atoms with E-state index in [1.165, 1.54) is 13.4 Å². The van der Waals surface area contributed by atoms with E-state index in [0.29, 0.717) is 17.1 Å². The molecule has 1 aromatic carbocycles. The summed E-state index contributed by atoms with van der Waals surface area (Å²) in [5.74, 6) is 0.158. The normalized spacial score (nSPS) is 12.9. The number of aromatic nitrogens is 4. The van der Waals surface area contributed by atoms with Crippen LogP contribution >= 0.6 is 11.8 Å². The molecular weight excluding hydrogens is 404 g/mol. The van der Waals surface area contributed by atoms with Gasteiger partial charge in [0.15, 0.2) is 5.65 Å². The zero-order valence-corrected chi connectivity index (χ0v) is 17.8. The molecule has 0 radical (unpaired) electrons. The van der Waals surface area contributed by atoms with E-state index in [2.05, 4.69) is 30.8 Å². The first kappa shape index (κ1) is 21.6. The van der Waals surface area contributed by atoms with Gasteiger partial charge in [-0.3, -0.25) is 5.10 Å². The highest BCUT2D eigenvalue weighted by Gasteiger charge is 2.26. The Balaban J connectivity index is 1.62. The SMILES string of the molecule is CC[C@H](C)C(NC(=O)Nc1cccc(CSc2ncnc3[nH]ncc23)c1)C(=O)OC. The van der Waals surface area contributed by atoms with E-state index in [1.807, 2.05) is 32.0 Å². The molecular formula is C20H24N6O3S. The largest absolute Gasteiger partial charge is 0.467 e. The number of rotatable bonds is 8. The van der Waals surface area contributed by atoms with Crippen molar-refractivity contribution in [2.45, 2.75) is 37.1 Å². The fourth-order valence-electron chi connectivity index (χ4n) is 2.85. The van der Waals surface area contributed by atoms with Gasteiger partial charge in [-0.25, -0.2) is 19.6 Å². The third-order valence-electron chi connectivity index (χ3n) is 4.73. The van der Waals surface area contributed by atoms with Gasteiger partial charge < -0.3 is 15.4 Å². The van der Waals surface area contributed by atoms with Crippen LogP contribution in [0, 0.1) is 5.92 Å². The van der Waals surface area contributed by atoms with E-state index in [4.69, 9.17) is 4.74 Å². The number of hydrogen-bond acceptors (Lipinski definition) is 7. The van der Waals surface area contributed by atoms with Crippen LogP contribution in [-0.4, -0.2) is 45.3 Å². The topological polar surface area (TPSA) is 122 Å². The zero-order valence-electron chi connectivity index (χ0n) is 17.0.